The van der Waals surface area contributed by atoms with Crippen LogP contribution in [0.2, 0.25) is 0 Å². The second kappa shape index (κ2) is 11.5. The molecule has 1 fully saturated rings. The Morgan fingerprint density at radius 1 is 0.741 bits per heavy atom. The largest absolute Gasteiger partial charge is 0.480 e. The van der Waals surface area contributed by atoms with Gasteiger partial charge in [-0.3, -0.25) is 29.0 Å². The van der Waals surface area contributed by atoms with Gasteiger partial charge < -0.3 is 20.0 Å². The van der Waals surface area contributed by atoms with E-state index in [0.29, 0.717) is 39.3 Å². The summed E-state index contributed by atoms with van der Waals surface area (Å²) < 4.78 is 0. The molecule has 1 aliphatic rings. The summed E-state index contributed by atoms with van der Waals surface area (Å²) in [5.74, 6) is -2.62. The van der Waals surface area contributed by atoms with Crippen molar-refractivity contribution in [2.24, 2.45) is 0 Å². The molecular formula is C16H28N4O7. The first kappa shape index (κ1) is 22.8. The number of amides is 1. The number of carbonyl (C=O) groups is 4. The fourth-order valence-electron chi connectivity index (χ4n) is 2.76. The van der Waals surface area contributed by atoms with Crippen molar-refractivity contribution < 1.29 is 34.2 Å². The van der Waals surface area contributed by atoms with Crippen molar-refractivity contribution in [1.29, 1.82) is 0 Å². The van der Waals surface area contributed by atoms with E-state index in [1.54, 1.807) is 14.7 Å². The highest BCUT2D eigenvalue weighted by molar-refractivity contribution is 5.73. The van der Waals surface area contributed by atoms with Crippen LogP contribution in [0, 0.1) is 0 Å². The Morgan fingerprint density at radius 2 is 1.15 bits per heavy atom. The van der Waals surface area contributed by atoms with Crippen molar-refractivity contribution >= 4 is 23.8 Å². The molecule has 0 aromatic heterocycles. The van der Waals surface area contributed by atoms with E-state index >= 15 is 0 Å². The predicted molar refractivity (Wildman–Crippen MR) is 93.7 cm³/mol. The normalized spacial score (nSPS) is 19.0. The van der Waals surface area contributed by atoms with Crippen molar-refractivity contribution in [2.45, 2.75) is 13.8 Å². The molecule has 0 saturated carbocycles. The van der Waals surface area contributed by atoms with Gasteiger partial charge in [-0.25, -0.2) is 0 Å². The van der Waals surface area contributed by atoms with Gasteiger partial charge in [0.05, 0.1) is 19.6 Å². The summed E-state index contributed by atoms with van der Waals surface area (Å²) >= 11 is 0. The monoisotopic (exact) mass is 388 g/mol. The average Bonchev–Trinajstić information content (AvgIpc) is 2.53. The standard InChI is InChI=1S/C16H28N4O7/c1-13(21)19-7-5-17(11-15(23)24)3-4-18(12-16(25)26)6-9-20(10-8-19)27-14(2)22/h3-12H2,1-2H3,(H,23,24)(H,25,26). The summed E-state index contributed by atoms with van der Waals surface area (Å²) in [4.78, 5) is 55.4. The molecule has 0 radical (unpaired) electrons. The van der Waals surface area contributed by atoms with Crippen LogP contribution in [0.1, 0.15) is 13.8 Å². The van der Waals surface area contributed by atoms with E-state index in [2.05, 4.69) is 0 Å². The summed E-state index contributed by atoms with van der Waals surface area (Å²) in [7, 11) is 0. The minimum atomic E-state index is -0.992. The second-order valence-corrected chi connectivity index (χ2v) is 6.36. The fourth-order valence-corrected chi connectivity index (χ4v) is 2.76. The topological polar surface area (TPSA) is 131 Å². The van der Waals surface area contributed by atoms with Crippen LogP contribution in [0.4, 0.5) is 0 Å². The number of hydrogen-bond acceptors (Lipinski definition) is 8. The molecule has 0 aromatic rings. The van der Waals surface area contributed by atoms with Crippen molar-refractivity contribution in [1.82, 2.24) is 19.8 Å². The lowest BCUT2D eigenvalue weighted by Crippen LogP contribution is -2.48. The Bertz CT molecular complexity index is 511. The number of hydrogen-bond donors (Lipinski definition) is 2. The molecule has 27 heavy (non-hydrogen) atoms. The van der Waals surface area contributed by atoms with Crippen LogP contribution in [0.3, 0.4) is 0 Å². The molecule has 0 spiro atoms. The van der Waals surface area contributed by atoms with E-state index in [-0.39, 0.29) is 32.1 Å². The Balaban J connectivity index is 2.90. The van der Waals surface area contributed by atoms with E-state index in [9.17, 15) is 19.2 Å². The minimum Gasteiger partial charge on any atom is -0.480 e. The number of carbonyl (C=O) groups excluding carboxylic acids is 2. The zero-order valence-corrected chi connectivity index (χ0v) is 15.8. The van der Waals surface area contributed by atoms with Crippen molar-refractivity contribution in [3.05, 3.63) is 0 Å². The molecule has 0 unspecified atom stereocenters. The number of rotatable bonds is 5. The van der Waals surface area contributed by atoms with Crippen molar-refractivity contribution in [3.63, 3.8) is 0 Å². The molecule has 2 N–H and O–H groups in total. The lowest BCUT2D eigenvalue weighted by molar-refractivity contribution is -0.190. The summed E-state index contributed by atoms with van der Waals surface area (Å²) in [6.45, 7) is 4.86. The van der Waals surface area contributed by atoms with Crippen LogP contribution < -0.4 is 0 Å². The lowest BCUT2D eigenvalue weighted by atomic mass is 10.3. The average molecular weight is 388 g/mol. The SMILES string of the molecule is CC(=O)ON1CCN(CC(=O)O)CCN(CC(=O)O)CCN(C(C)=O)CC1. The molecule has 1 heterocycles. The fraction of sp³-hybridized carbons (Fsp3) is 0.750. The molecular weight excluding hydrogens is 360 g/mol. The molecule has 1 aliphatic heterocycles. The van der Waals surface area contributed by atoms with Crippen molar-refractivity contribution in [2.75, 3.05) is 65.4 Å². The Kier molecular flexibility index (Phi) is 9.68. The smallest absolute Gasteiger partial charge is 0.322 e. The maximum absolute atomic E-state index is 11.8. The molecule has 1 amide bonds. The first-order valence-electron chi connectivity index (χ1n) is 8.74. The highest BCUT2D eigenvalue weighted by atomic mass is 16.7. The Morgan fingerprint density at radius 3 is 1.59 bits per heavy atom. The van der Waals surface area contributed by atoms with Gasteiger partial charge >= 0.3 is 17.9 Å². The van der Waals surface area contributed by atoms with Crippen LogP contribution in [-0.2, 0) is 24.0 Å². The summed E-state index contributed by atoms with van der Waals surface area (Å²) in [5.41, 5.74) is 0. The van der Waals surface area contributed by atoms with Gasteiger partial charge in [-0.15, -0.1) is 5.06 Å². The zero-order chi connectivity index (χ0) is 20.4. The van der Waals surface area contributed by atoms with E-state index < -0.39 is 17.9 Å². The van der Waals surface area contributed by atoms with E-state index in [1.165, 1.54) is 18.9 Å². The molecule has 11 nitrogen and oxygen atoms in total. The second-order valence-electron chi connectivity index (χ2n) is 6.36. The van der Waals surface area contributed by atoms with Crippen LogP contribution in [0.5, 0.6) is 0 Å². The molecule has 0 aliphatic carbocycles. The third-order valence-electron chi connectivity index (χ3n) is 4.12. The van der Waals surface area contributed by atoms with Crippen LogP contribution in [0.25, 0.3) is 0 Å². The third-order valence-corrected chi connectivity index (χ3v) is 4.12. The lowest BCUT2D eigenvalue weighted by Gasteiger charge is -2.32. The van der Waals surface area contributed by atoms with E-state index in [0.717, 1.165) is 0 Å². The van der Waals surface area contributed by atoms with Gasteiger partial charge in [-0.2, -0.15) is 0 Å². The number of aliphatic carboxylic acids is 2. The molecule has 0 atom stereocenters. The molecule has 0 bridgehead atoms. The predicted octanol–water partition coefficient (Wildman–Crippen LogP) is -1.60. The molecule has 0 aromatic carbocycles. The van der Waals surface area contributed by atoms with Gasteiger partial charge in [0.2, 0.25) is 5.91 Å². The van der Waals surface area contributed by atoms with E-state index in [1.807, 2.05) is 0 Å². The first-order valence-corrected chi connectivity index (χ1v) is 8.74. The Labute approximate surface area is 158 Å². The number of hydroxylamine groups is 2. The Hall–Kier alpha value is -2.24. The minimum absolute atomic E-state index is 0.155. The van der Waals surface area contributed by atoms with E-state index in [4.69, 9.17) is 15.1 Å². The highest BCUT2D eigenvalue weighted by Crippen LogP contribution is 2.02. The van der Waals surface area contributed by atoms with Gasteiger partial charge in [0.1, 0.15) is 0 Å². The molecule has 154 valence electrons. The highest BCUT2D eigenvalue weighted by Gasteiger charge is 2.20. The van der Waals surface area contributed by atoms with Gasteiger partial charge in [0.25, 0.3) is 0 Å². The van der Waals surface area contributed by atoms with Crippen LogP contribution in [-0.4, -0.2) is 119 Å². The quantitative estimate of drug-likeness (QED) is 0.568. The van der Waals surface area contributed by atoms with Gasteiger partial charge in [-0.1, -0.05) is 0 Å². The summed E-state index contributed by atoms with van der Waals surface area (Å²) in [6.07, 6.45) is 0. The van der Waals surface area contributed by atoms with Crippen molar-refractivity contribution in [3.8, 4) is 0 Å². The number of carboxylic acid groups (broad SMARTS) is 2. The number of carboxylic acids is 2. The molecule has 11 heteroatoms. The third kappa shape index (κ3) is 9.87. The molecule has 1 rings (SSSR count). The number of nitrogens with zero attached hydrogens (tertiary/aromatic N) is 4. The van der Waals surface area contributed by atoms with Gasteiger partial charge in [-0.05, 0) is 0 Å². The summed E-state index contributed by atoms with van der Waals surface area (Å²) in [5, 5.41) is 19.6. The van der Waals surface area contributed by atoms with Gasteiger partial charge in [0.15, 0.2) is 0 Å². The van der Waals surface area contributed by atoms with Crippen LogP contribution >= 0.6 is 0 Å². The zero-order valence-electron chi connectivity index (χ0n) is 15.8. The maximum Gasteiger partial charge on any atom is 0.322 e. The molecule has 1 saturated heterocycles. The van der Waals surface area contributed by atoms with Crippen LogP contribution in [0.15, 0.2) is 0 Å². The van der Waals surface area contributed by atoms with Gasteiger partial charge in [0, 0.05) is 59.7 Å². The summed E-state index contributed by atoms with van der Waals surface area (Å²) in [6, 6.07) is 0. The maximum atomic E-state index is 11.8. The first-order chi connectivity index (χ1) is 12.7.